The summed E-state index contributed by atoms with van der Waals surface area (Å²) in [7, 11) is 0. The molecule has 3 heteroatoms. The number of hydrogen-bond acceptors (Lipinski definition) is 3. The second-order valence-corrected chi connectivity index (χ2v) is 5.56. The van der Waals surface area contributed by atoms with Crippen LogP contribution in [0.3, 0.4) is 0 Å². The third-order valence-electron chi connectivity index (χ3n) is 3.00. The van der Waals surface area contributed by atoms with Crippen LogP contribution >= 0.6 is 0 Å². The maximum atomic E-state index is 4.25. The minimum atomic E-state index is 0.448. The van der Waals surface area contributed by atoms with Gasteiger partial charge in [-0.25, -0.2) is 0 Å². The molecule has 1 rings (SSSR count). The lowest BCUT2D eigenvalue weighted by atomic mass is 10.1. The van der Waals surface area contributed by atoms with Crippen LogP contribution in [-0.4, -0.2) is 24.1 Å². The summed E-state index contributed by atoms with van der Waals surface area (Å²) >= 11 is 0. The number of nitrogens with one attached hydrogen (secondary N) is 1. The van der Waals surface area contributed by atoms with Gasteiger partial charge in [-0.1, -0.05) is 19.9 Å². The zero-order valence-electron chi connectivity index (χ0n) is 12.7. The van der Waals surface area contributed by atoms with Crippen molar-refractivity contribution in [2.45, 2.75) is 40.3 Å². The van der Waals surface area contributed by atoms with Crippen LogP contribution in [0.15, 0.2) is 31.1 Å². The van der Waals surface area contributed by atoms with Gasteiger partial charge in [-0.15, -0.1) is 6.58 Å². The standard InChI is InChI=1S/C16H27N3/c1-6-9-19(14(4)5)16-7-8-17-11-15(16)12-18-10-13(2)3/h6-8,11,13-14,18H,1,9-10,12H2,2-5H3. The molecule has 0 fully saturated rings. The molecule has 0 saturated carbocycles. The fraction of sp³-hybridized carbons (Fsp3) is 0.562. The van der Waals surface area contributed by atoms with E-state index in [1.165, 1.54) is 11.3 Å². The first-order chi connectivity index (χ1) is 9.06. The quantitative estimate of drug-likeness (QED) is 0.728. The lowest BCUT2D eigenvalue weighted by Gasteiger charge is -2.29. The van der Waals surface area contributed by atoms with E-state index in [9.17, 15) is 0 Å². The molecule has 0 unspecified atom stereocenters. The van der Waals surface area contributed by atoms with Crippen LogP contribution < -0.4 is 10.2 Å². The van der Waals surface area contributed by atoms with Crippen molar-refractivity contribution in [3.8, 4) is 0 Å². The van der Waals surface area contributed by atoms with Gasteiger partial charge in [0.1, 0.15) is 0 Å². The van der Waals surface area contributed by atoms with Crippen LogP contribution in [0.25, 0.3) is 0 Å². The number of anilines is 1. The van der Waals surface area contributed by atoms with Crippen molar-refractivity contribution >= 4 is 5.69 Å². The smallest absolute Gasteiger partial charge is 0.0447 e. The number of nitrogens with zero attached hydrogens (tertiary/aromatic N) is 2. The molecule has 106 valence electrons. The molecule has 0 spiro atoms. The average Bonchev–Trinajstić information content (AvgIpc) is 2.36. The van der Waals surface area contributed by atoms with Crippen molar-refractivity contribution in [3.05, 3.63) is 36.7 Å². The molecule has 19 heavy (non-hydrogen) atoms. The number of rotatable bonds is 8. The molecule has 0 aromatic carbocycles. The molecular weight excluding hydrogens is 234 g/mol. The van der Waals surface area contributed by atoms with Gasteiger partial charge in [0, 0.05) is 42.8 Å². The fourth-order valence-electron chi connectivity index (χ4n) is 2.06. The van der Waals surface area contributed by atoms with E-state index in [-0.39, 0.29) is 0 Å². The molecule has 0 aliphatic carbocycles. The zero-order chi connectivity index (χ0) is 14.3. The van der Waals surface area contributed by atoms with Gasteiger partial charge in [-0.2, -0.15) is 0 Å². The monoisotopic (exact) mass is 261 g/mol. The van der Waals surface area contributed by atoms with Crippen LogP contribution in [0, 0.1) is 5.92 Å². The molecule has 0 bridgehead atoms. The predicted molar refractivity (Wildman–Crippen MR) is 83.5 cm³/mol. The van der Waals surface area contributed by atoms with E-state index < -0.39 is 0 Å². The lowest BCUT2D eigenvalue weighted by Crippen LogP contribution is -2.32. The summed E-state index contributed by atoms with van der Waals surface area (Å²) < 4.78 is 0. The van der Waals surface area contributed by atoms with Crippen molar-refractivity contribution in [2.75, 3.05) is 18.0 Å². The first-order valence-corrected chi connectivity index (χ1v) is 7.07. The van der Waals surface area contributed by atoms with E-state index in [0.29, 0.717) is 12.0 Å². The van der Waals surface area contributed by atoms with E-state index in [4.69, 9.17) is 0 Å². The first kappa shape index (κ1) is 15.7. The van der Waals surface area contributed by atoms with Crippen molar-refractivity contribution in [1.82, 2.24) is 10.3 Å². The van der Waals surface area contributed by atoms with Gasteiger partial charge in [0.25, 0.3) is 0 Å². The van der Waals surface area contributed by atoms with Crippen molar-refractivity contribution in [2.24, 2.45) is 5.92 Å². The average molecular weight is 261 g/mol. The van der Waals surface area contributed by atoms with Crippen molar-refractivity contribution in [3.63, 3.8) is 0 Å². The normalized spacial score (nSPS) is 11.1. The van der Waals surface area contributed by atoms with Gasteiger partial charge in [0.15, 0.2) is 0 Å². The molecule has 1 heterocycles. The SMILES string of the molecule is C=CCN(c1ccncc1CNCC(C)C)C(C)C. The molecule has 3 nitrogen and oxygen atoms in total. The third-order valence-corrected chi connectivity index (χ3v) is 3.00. The highest BCUT2D eigenvalue weighted by atomic mass is 15.2. The summed E-state index contributed by atoms with van der Waals surface area (Å²) in [5.41, 5.74) is 2.50. The van der Waals surface area contributed by atoms with Gasteiger partial charge in [-0.05, 0) is 32.4 Å². The molecule has 0 atom stereocenters. The topological polar surface area (TPSA) is 28.2 Å². The first-order valence-electron chi connectivity index (χ1n) is 7.07. The molecule has 0 aliphatic heterocycles. The minimum Gasteiger partial charge on any atom is -0.365 e. The molecule has 0 saturated heterocycles. The number of pyridine rings is 1. The Balaban J connectivity index is 2.83. The summed E-state index contributed by atoms with van der Waals surface area (Å²) in [5.74, 6) is 0.662. The second kappa shape index (κ2) is 7.95. The maximum absolute atomic E-state index is 4.25. The summed E-state index contributed by atoms with van der Waals surface area (Å²) in [4.78, 5) is 6.60. The van der Waals surface area contributed by atoms with Gasteiger partial charge in [-0.3, -0.25) is 4.98 Å². The third kappa shape index (κ3) is 5.03. The number of aromatic nitrogens is 1. The summed E-state index contributed by atoms with van der Waals surface area (Å²) in [6.07, 6.45) is 5.77. The number of hydrogen-bond donors (Lipinski definition) is 1. The van der Waals surface area contributed by atoms with Crippen LogP contribution in [0.5, 0.6) is 0 Å². The Bertz CT molecular complexity index is 385. The largest absolute Gasteiger partial charge is 0.365 e. The van der Waals surface area contributed by atoms with E-state index in [2.05, 4.69) is 55.5 Å². The summed E-state index contributed by atoms with van der Waals surface area (Å²) in [5, 5.41) is 3.48. The van der Waals surface area contributed by atoms with Crippen LogP contribution in [0.4, 0.5) is 5.69 Å². The van der Waals surface area contributed by atoms with Crippen LogP contribution in [0.1, 0.15) is 33.3 Å². The van der Waals surface area contributed by atoms with E-state index >= 15 is 0 Å². The van der Waals surface area contributed by atoms with Crippen molar-refractivity contribution in [1.29, 1.82) is 0 Å². The Morgan fingerprint density at radius 3 is 2.68 bits per heavy atom. The molecule has 0 radical (unpaired) electrons. The lowest BCUT2D eigenvalue weighted by molar-refractivity contribution is 0.551. The summed E-state index contributed by atoms with van der Waals surface area (Å²) in [6, 6.07) is 2.54. The molecule has 1 N–H and O–H groups in total. The Hall–Kier alpha value is -1.35. The van der Waals surface area contributed by atoms with Crippen LogP contribution in [-0.2, 0) is 6.54 Å². The Morgan fingerprint density at radius 1 is 1.37 bits per heavy atom. The van der Waals surface area contributed by atoms with Gasteiger partial charge in [0.05, 0.1) is 0 Å². The van der Waals surface area contributed by atoms with Crippen LogP contribution in [0.2, 0.25) is 0 Å². The molecule has 0 amide bonds. The van der Waals surface area contributed by atoms with E-state index in [1.807, 2.05) is 18.5 Å². The van der Waals surface area contributed by atoms with Gasteiger partial charge in [0.2, 0.25) is 0 Å². The highest BCUT2D eigenvalue weighted by molar-refractivity contribution is 5.53. The van der Waals surface area contributed by atoms with E-state index in [0.717, 1.165) is 19.6 Å². The second-order valence-electron chi connectivity index (χ2n) is 5.56. The Labute approximate surface area is 117 Å². The maximum Gasteiger partial charge on any atom is 0.0447 e. The van der Waals surface area contributed by atoms with Gasteiger partial charge < -0.3 is 10.2 Å². The highest BCUT2D eigenvalue weighted by Gasteiger charge is 2.13. The molecule has 1 aromatic rings. The molecule has 1 aromatic heterocycles. The molecular formula is C16H27N3. The highest BCUT2D eigenvalue weighted by Crippen LogP contribution is 2.21. The predicted octanol–water partition coefficient (Wildman–Crippen LogP) is 3.23. The minimum absolute atomic E-state index is 0.448. The Kier molecular flexibility index (Phi) is 6.57. The van der Waals surface area contributed by atoms with E-state index in [1.54, 1.807) is 0 Å². The van der Waals surface area contributed by atoms with Gasteiger partial charge >= 0.3 is 0 Å². The molecule has 0 aliphatic rings. The summed E-state index contributed by atoms with van der Waals surface area (Å²) in [6.45, 7) is 15.4. The fourth-order valence-corrected chi connectivity index (χ4v) is 2.06. The zero-order valence-corrected chi connectivity index (χ0v) is 12.7. The van der Waals surface area contributed by atoms with Crippen molar-refractivity contribution < 1.29 is 0 Å². The Morgan fingerprint density at radius 2 is 2.11 bits per heavy atom.